The number of fused-ring (bicyclic) bond motifs is 2. The summed E-state index contributed by atoms with van der Waals surface area (Å²) in [5.41, 5.74) is 0.937. The second-order valence-corrected chi connectivity index (χ2v) is 8.05. The molecule has 0 aliphatic heterocycles. The second-order valence-electron chi connectivity index (χ2n) is 8.05. The normalized spacial score (nSPS) is 29.4. The average Bonchev–Trinajstić information content (AvgIpc) is 2.93. The van der Waals surface area contributed by atoms with Crippen molar-refractivity contribution >= 4 is 5.91 Å². The van der Waals surface area contributed by atoms with Gasteiger partial charge in [-0.05, 0) is 48.1 Å². The highest BCUT2D eigenvalue weighted by Gasteiger charge is 2.61. The standard InChI is InChI=1S/C20H29NO4/c1-19(2)13-7-8-20(19,3)16(11-13)21-18(22)12-9-14(23-4)17(25-6)15(10-12)24-5/h9-10,13,16H,7-8,11H2,1-6H3,(H,21,22)/t13-,16-,20-/m1/s1. The summed E-state index contributed by atoms with van der Waals surface area (Å²) in [4.78, 5) is 12.9. The van der Waals surface area contributed by atoms with Gasteiger partial charge >= 0.3 is 0 Å². The van der Waals surface area contributed by atoms with Gasteiger partial charge in [0.2, 0.25) is 5.75 Å². The van der Waals surface area contributed by atoms with Crippen molar-refractivity contribution in [3.63, 3.8) is 0 Å². The molecule has 5 heteroatoms. The maximum atomic E-state index is 12.9. The number of ether oxygens (including phenoxy) is 3. The van der Waals surface area contributed by atoms with Crippen molar-refractivity contribution in [3.8, 4) is 17.2 Å². The van der Waals surface area contributed by atoms with Gasteiger partial charge in [-0.2, -0.15) is 0 Å². The van der Waals surface area contributed by atoms with E-state index >= 15 is 0 Å². The number of hydrogen-bond acceptors (Lipinski definition) is 4. The maximum absolute atomic E-state index is 12.9. The lowest BCUT2D eigenvalue weighted by molar-refractivity contribution is 0.0825. The fourth-order valence-electron chi connectivity index (χ4n) is 4.88. The molecule has 1 N–H and O–H groups in total. The number of amides is 1. The first kappa shape index (κ1) is 17.9. The van der Waals surface area contributed by atoms with Gasteiger partial charge in [-0.1, -0.05) is 20.8 Å². The van der Waals surface area contributed by atoms with Crippen LogP contribution in [-0.4, -0.2) is 33.3 Å². The van der Waals surface area contributed by atoms with Gasteiger partial charge in [-0.3, -0.25) is 4.79 Å². The number of carbonyl (C=O) groups is 1. The van der Waals surface area contributed by atoms with Crippen molar-refractivity contribution in [3.05, 3.63) is 17.7 Å². The molecule has 1 aromatic carbocycles. The third kappa shape index (κ3) is 2.55. The zero-order valence-corrected chi connectivity index (χ0v) is 16.1. The summed E-state index contributed by atoms with van der Waals surface area (Å²) in [5, 5.41) is 3.27. The minimum atomic E-state index is -0.0890. The molecular weight excluding hydrogens is 318 g/mol. The van der Waals surface area contributed by atoms with Gasteiger partial charge in [0.25, 0.3) is 5.91 Å². The third-order valence-electron chi connectivity index (χ3n) is 7.03. The van der Waals surface area contributed by atoms with Crippen molar-refractivity contribution in [2.24, 2.45) is 16.7 Å². The number of methoxy groups -OCH3 is 3. The van der Waals surface area contributed by atoms with E-state index in [9.17, 15) is 4.79 Å². The first-order valence-electron chi connectivity index (χ1n) is 8.89. The van der Waals surface area contributed by atoms with Crippen LogP contribution in [0.3, 0.4) is 0 Å². The SMILES string of the molecule is COc1cc(C(=O)N[C@@H]2C[C@H]3CC[C@@]2(C)C3(C)C)cc(OC)c1OC. The number of benzene rings is 1. The smallest absolute Gasteiger partial charge is 0.251 e. The zero-order chi connectivity index (χ0) is 18.4. The molecule has 0 aromatic heterocycles. The molecule has 0 unspecified atom stereocenters. The number of hydrogen-bond donors (Lipinski definition) is 1. The van der Waals surface area contributed by atoms with Crippen LogP contribution in [0.4, 0.5) is 0 Å². The van der Waals surface area contributed by atoms with E-state index in [1.165, 1.54) is 12.8 Å². The summed E-state index contributed by atoms with van der Waals surface area (Å²) in [6.07, 6.45) is 3.49. The van der Waals surface area contributed by atoms with Crippen LogP contribution in [0.1, 0.15) is 50.4 Å². The molecule has 2 bridgehead atoms. The highest BCUT2D eigenvalue weighted by molar-refractivity contribution is 5.96. The van der Waals surface area contributed by atoms with Crippen LogP contribution >= 0.6 is 0 Å². The molecular formula is C20H29NO4. The van der Waals surface area contributed by atoms with E-state index in [-0.39, 0.29) is 22.8 Å². The Bertz CT molecular complexity index is 659. The molecule has 25 heavy (non-hydrogen) atoms. The van der Waals surface area contributed by atoms with Gasteiger partial charge < -0.3 is 19.5 Å². The summed E-state index contributed by atoms with van der Waals surface area (Å²) >= 11 is 0. The summed E-state index contributed by atoms with van der Waals surface area (Å²) in [6, 6.07) is 3.61. The van der Waals surface area contributed by atoms with Crippen molar-refractivity contribution in [2.75, 3.05) is 21.3 Å². The lowest BCUT2D eigenvalue weighted by atomic mass is 9.69. The summed E-state index contributed by atoms with van der Waals surface area (Å²) in [6.45, 7) is 7.01. The molecule has 2 aliphatic rings. The lowest BCUT2D eigenvalue weighted by Crippen LogP contribution is -2.46. The van der Waals surface area contributed by atoms with Crippen LogP contribution < -0.4 is 19.5 Å². The molecule has 0 saturated heterocycles. The number of rotatable bonds is 5. The van der Waals surface area contributed by atoms with Crippen LogP contribution in [0.2, 0.25) is 0 Å². The Morgan fingerprint density at radius 1 is 1.08 bits per heavy atom. The Labute approximate surface area is 150 Å². The Kier molecular flexibility index (Phi) is 4.38. The molecule has 0 heterocycles. The number of nitrogens with one attached hydrogen (secondary N) is 1. The van der Waals surface area contributed by atoms with Crippen molar-refractivity contribution in [1.29, 1.82) is 0 Å². The van der Waals surface area contributed by atoms with Crippen molar-refractivity contribution in [1.82, 2.24) is 5.32 Å². The quantitative estimate of drug-likeness (QED) is 0.883. The van der Waals surface area contributed by atoms with Gasteiger partial charge in [0, 0.05) is 11.6 Å². The predicted octanol–water partition coefficient (Wildman–Crippen LogP) is 3.66. The fourth-order valence-corrected chi connectivity index (χ4v) is 4.88. The Balaban J connectivity index is 1.85. The zero-order valence-electron chi connectivity index (χ0n) is 16.1. The molecule has 0 radical (unpaired) electrons. The van der Waals surface area contributed by atoms with E-state index in [4.69, 9.17) is 14.2 Å². The van der Waals surface area contributed by atoms with Crippen LogP contribution in [-0.2, 0) is 0 Å². The minimum Gasteiger partial charge on any atom is -0.493 e. The summed E-state index contributed by atoms with van der Waals surface area (Å²) in [5.74, 6) is 2.07. The summed E-state index contributed by atoms with van der Waals surface area (Å²) < 4.78 is 16.0. The van der Waals surface area contributed by atoms with Gasteiger partial charge in [0.1, 0.15) is 0 Å². The maximum Gasteiger partial charge on any atom is 0.251 e. The summed E-state index contributed by atoms with van der Waals surface area (Å²) in [7, 11) is 4.66. The van der Waals surface area contributed by atoms with Gasteiger partial charge in [0.15, 0.2) is 11.5 Å². The van der Waals surface area contributed by atoms with Gasteiger partial charge in [-0.15, -0.1) is 0 Å². The molecule has 1 amide bonds. The van der Waals surface area contributed by atoms with Crippen LogP contribution in [0.15, 0.2) is 12.1 Å². The van der Waals surface area contributed by atoms with Gasteiger partial charge in [0.05, 0.1) is 21.3 Å². The lowest BCUT2D eigenvalue weighted by Gasteiger charge is -2.39. The third-order valence-corrected chi connectivity index (χ3v) is 7.03. The predicted molar refractivity (Wildman–Crippen MR) is 96.6 cm³/mol. The highest BCUT2D eigenvalue weighted by atomic mass is 16.5. The van der Waals surface area contributed by atoms with Crippen LogP contribution in [0, 0.1) is 16.7 Å². The molecule has 5 nitrogen and oxygen atoms in total. The Hall–Kier alpha value is -1.91. The fraction of sp³-hybridized carbons (Fsp3) is 0.650. The molecule has 2 aliphatic carbocycles. The van der Waals surface area contributed by atoms with Crippen molar-refractivity contribution in [2.45, 2.75) is 46.1 Å². The molecule has 3 atom stereocenters. The van der Waals surface area contributed by atoms with E-state index in [1.54, 1.807) is 33.5 Å². The van der Waals surface area contributed by atoms with E-state index < -0.39 is 0 Å². The molecule has 0 spiro atoms. The Morgan fingerprint density at radius 3 is 2.08 bits per heavy atom. The molecule has 1 aromatic rings. The molecule has 2 saturated carbocycles. The Morgan fingerprint density at radius 2 is 1.68 bits per heavy atom. The van der Waals surface area contributed by atoms with E-state index in [0.29, 0.717) is 28.7 Å². The van der Waals surface area contributed by atoms with E-state index in [2.05, 4.69) is 26.1 Å². The average molecular weight is 347 g/mol. The molecule has 138 valence electrons. The highest BCUT2D eigenvalue weighted by Crippen LogP contribution is 2.65. The first-order valence-corrected chi connectivity index (χ1v) is 8.89. The van der Waals surface area contributed by atoms with Crippen LogP contribution in [0.25, 0.3) is 0 Å². The van der Waals surface area contributed by atoms with E-state index in [1.807, 2.05) is 0 Å². The topological polar surface area (TPSA) is 56.8 Å². The molecule has 3 rings (SSSR count). The first-order chi connectivity index (χ1) is 11.8. The molecule has 2 fully saturated rings. The second kappa shape index (κ2) is 6.11. The van der Waals surface area contributed by atoms with Crippen LogP contribution in [0.5, 0.6) is 17.2 Å². The monoisotopic (exact) mass is 347 g/mol. The van der Waals surface area contributed by atoms with Gasteiger partial charge in [-0.25, -0.2) is 0 Å². The van der Waals surface area contributed by atoms with Crippen molar-refractivity contribution < 1.29 is 19.0 Å². The largest absolute Gasteiger partial charge is 0.493 e. The number of carbonyl (C=O) groups excluding carboxylic acids is 1. The minimum absolute atomic E-state index is 0.0890. The van der Waals surface area contributed by atoms with E-state index in [0.717, 1.165) is 6.42 Å².